The van der Waals surface area contributed by atoms with Gasteiger partial charge in [-0.3, -0.25) is 0 Å². The van der Waals surface area contributed by atoms with Crippen molar-refractivity contribution in [3.05, 3.63) is 23.8 Å². The lowest BCUT2D eigenvalue weighted by molar-refractivity contribution is 0.0698. The van der Waals surface area contributed by atoms with Crippen LogP contribution in [0.1, 0.15) is 17.3 Å². The van der Waals surface area contributed by atoms with Gasteiger partial charge in [0.15, 0.2) is 0 Å². The molecule has 1 aromatic carbocycles. The molecule has 5 nitrogen and oxygen atoms in total. The van der Waals surface area contributed by atoms with Crippen LogP contribution in [0.15, 0.2) is 18.2 Å². The van der Waals surface area contributed by atoms with Crippen molar-refractivity contribution >= 4 is 17.3 Å². The molecule has 0 saturated carbocycles. The Bertz CT molecular complexity index is 393. The average molecular weight is 237 g/mol. The number of carboxylic acid groups (broad SMARTS) is 1. The molecule has 4 N–H and O–H groups in total. The fourth-order valence-corrected chi connectivity index (χ4v) is 1.43. The number of likely N-dealkylation sites (N-methyl/N-ethyl adjacent to an activating group) is 1. The van der Waals surface area contributed by atoms with Crippen LogP contribution in [0.3, 0.4) is 0 Å². The molecule has 0 aromatic heterocycles. The van der Waals surface area contributed by atoms with Crippen molar-refractivity contribution in [3.8, 4) is 0 Å². The van der Waals surface area contributed by atoms with E-state index in [1.54, 1.807) is 12.1 Å². The average Bonchev–Trinajstić information content (AvgIpc) is 2.28. The Morgan fingerprint density at radius 3 is 2.82 bits per heavy atom. The third-order valence-electron chi connectivity index (χ3n) is 2.62. The van der Waals surface area contributed by atoms with Gasteiger partial charge in [-0.05, 0) is 31.8 Å². The van der Waals surface area contributed by atoms with E-state index >= 15 is 0 Å². The minimum Gasteiger partial charge on any atom is -0.478 e. The van der Waals surface area contributed by atoms with Gasteiger partial charge >= 0.3 is 5.97 Å². The highest BCUT2D eigenvalue weighted by Gasteiger charge is 2.09. The number of nitrogens with one attached hydrogen (secondary N) is 1. The largest absolute Gasteiger partial charge is 0.478 e. The fourth-order valence-electron chi connectivity index (χ4n) is 1.43. The molecule has 0 bridgehead atoms. The summed E-state index contributed by atoms with van der Waals surface area (Å²) in [5.41, 5.74) is 7.02. The number of rotatable bonds is 6. The van der Waals surface area contributed by atoms with Crippen molar-refractivity contribution in [3.63, 3.8) is 0 Å². The van der Waals surface area contributed by atoms with Crippen LogP contribution in [0, 0.1) is 0 Å². The molecule has 0 spiro atoms. The normalized spacial score (nSPS) is 10.5. The highest BCUT2D eigenvalue weighted by atomic mass is 16.4. The molecule has 0 saturated heterocycles. The van der Waals surface area contributed by atoms with Gasteiger partial charge in [-0.2, -0.15) is 0 Å². The zero-order chi connectivity index (χ0) is 12.8. The zero-order valence-corrected chi connectivity index (χ0v) is 10.2. The van der Waals surface area contributed by atoms with Crippen LogP contribution in [-0.2, 0) is 0 Å². The van der Waals surface area contributed by atoms with E-state index in [2.05, 4.69) is 17.1 Å². The number of nitrogen functional groups attached to an aromatic ring is 1. The molecule has 94 valence electrons. The Morgan fingerprint density at radius 2 is 2.24 bits per heavy atom. The number of nitrogens with zero attached hydrogens (tertiary/aromatic N) is 1. The third-order valence-corrected chi connectivity index (χ3v) is 2.62. The predicted octanol–water partition coefficient (Wildman–Crippen LogP) is 1.33. The number of carbonyl (C=O) groups is 1. The number of aromatic carboxylic acids is 1. The lowest BCUT2D eigenvalue weighted by atomic mass is 10.1. The lowest BCUT2D eigenvalue weighted by Crippen LogP contribution is -2.25. The number of hydrogen-bond donors (Lipinski definition) is 3. The molecule has 0 aliphatic rings. The molecule has 1 aromatic rings. The molecule has 0 heterocycles. The predicted molar refractivity (Wildman–Crippen MR) is 69.5 cm³/mol. The Kier molecular flexibility index (Phi) is 4.78. The number of nitrogens with two attached hydrogens (primary N) is 1. The van der Waals surface area contributed by atoms with E-state index in [0.717, 1.165) is 13.1 Å². The quantitative estimate of drug-likeness (QED) is 0.650. The zero-order valence-electron chi connectivity index (χ0n) is 10.2. The van der Waals surface area contributed by atoms with Crippen LogP contribution in [0.4, 0.5) is 11.4 Å². The van der Waals surface area contributed by atoms with Crippen molar-refractivity contribution in [2.75, 3.05) is 37.7 Å². The molecule has 1 rings (SSSR count). The van der Waals surface area contributed by atoms with Gasteiger partial charge in [0.1, 0.15) is 0 Å². The standard InChI is InChI=1S/C12H19N3O2/c1-3-15(2)7-6-14-11-8-9(13)4-5-10(11)12(16)17/h4-5,8,14H,3,6-7,13H2,1-2H3,(H,16,17). The van der Waals surface area contributed by atoms with Crippen molar-refractivity contribution in [1.82, 2.24) is 4.90 Å². The second-order valence-corrected chi connectivity index (χ2v) is 3.93. The first-order chi connectivity index (χ1) is 8.04. The Labute approximate surface area is 101 Å². The Morgan fingerprint density at radius 1 is 1.53 bits per heavy atom. The molecular weight excluding hydrogens is 218 g/mol. The van der Waals surface area contributed by atoms with E-state index in [4.69, 9.17) is 10.8 Å². The van der Waals surface area contributed by atoms with Crippen molar-refractivity contribution in [2.24, 2.45) is 0 Å². The third kappa shape index (κ3) is 3.96. The summed E-state index contributed by atoms with van der Waals surface area (Å²) in [6.45, 7) is 4.58. The summed E-state index contributed by atoms with van der Waals surface area (Å²) in [6.07, 6.45) is 0. The summed E-state index contributed by atoms with van der Waals surface area (Å²) >= 11 is 0. The first kappa shape index (κ1) is 13.3. The first-order valence-corrected chi connectivity index (χ1v) is 5.59. The maximum Gasteiger partial charge on any atom is 0.337 e. The summed E-state index contributed by atoms with van der Waals surface area (Å²) < 4.78 is 0. The van der Waals surface area contributed by atoms with Crippen molar-refractivity contribution in [1.29, 1.82) is 0 Å². The van der Waals surface area contributed by atoms with Gasteiger partial charge in [0.2, 0.25) is 0 Å². The molecule has 0 aliphatic heterocycles. The number of benzene rings is 1. The summed E-state index contributed by atoms with van der Waals surface area (Å²) in [5, 5.41) is 12.1. The van der Waals surface area contributed by atoms with Gasteiger partial charge in [-0.15, -0.1) is 0 Å². The highest BCUT2D eigenvalue weighted by Crippen LogP contribution is 2.18. The molecule has 17 heavy (non-hydrogen) atoms. The number of hydrogen-bond acceptors (Lipinski definition) is 4. The van der Waals surface area contributed by atoms with Crippen LogP contribution in [0.5, 0.6) is 0 Å². The molecule has 0 radical (unpaired) electrons. The monoisotopic (exact) mass is 237 g/mol. The minimum atomic E-state index is -0.948. The lowest BCUT2D eigenvalue weighted by Gasteiger charge is -2.15. The van der Waals surface area contributed by atoms with Gasteiger partial charge in [0.05, 0.1) is 11.3 Å². The molecule has 0 unspecified atom stereocenters. The second-order valence-electron chi connectivity index (χ2n) is 3.93. The van der Waals surface area contributed by atoms with E-state index in [0.29, 0.717) is 17.9 Å². The summed E-state index contributed by atoms with van der Waals surface area (Å²) in [6, 6.07) is 4.76. The molecular formula is C12H19N3O2. The molecule has 5 heteroatoms. The first-order valence-electron chi connectivity index (χ1n) is 5.59. The topological polar surface area (TPSA) is 78.6 Å². The van der Waals surface area contributed by atoms with Gasteiger partial charge in [-0.1, -0.05) is 6.92 Å². The Balaban J connectivity index is 2.68. The van der Waals surface area contributed by atoms with Gasteiger partial charge in [0.25, 0.3) is 0 Å². The van der Waals surface area contributed by atoms with Crippen LogP contribution in [-0.4, -0.2) is 42.7 Å². The Hall–Kier alpha value is -1.75. The van der Waals surface area contributed by atoms with Gasteiger partial charge in [-0.25, -0.2) is 4.79 Å². The van der Waals surface area contributed by atoms with E-state index < -0.39 is 5.97 Å². The van der Waals surface area contributed by atoms with E-state index in [-0.39, 0.29) is 5.56 Å². The molecule has 0 atom stereocenters. The van der Waals surface area contributed by atoms with E-state index in [9.17, 15) is 4.79 Å². The SMILES string of the molecule is CCN(C)CCNc1cc(N)ccc1C(=O)O. The van der Waals surface area contributed by atoms with Crippen LogP contribution < -0.4 is 11.1 Å². The number of carboxylic acids is 1. The maximum atomic E-state index is 11.0. The van der Waals surface area contributed by atoms with Crippen LogP contribution in [0.2, 0.25) is 0 Å². The number of anilines is 2. The van der Waals surface area contributed by atoms with Gasteiger partial charge in [0, 0.05) is 18.8 Å². The maximum absolute atomic E-state index is 11.0. The van der Waals surface area contributed by atoms with Crippen molar-refractivity contribution < 1.29 is 9.90 Å². The molecule has 0 fully saturated rings. The smallest absolute Gasteiger partial charge is 0.337 e. The fraction of sp³-hybridized carbons (Fsp3) is 0.417. The van der Waals surface area contributed by atoms with Crippen molar-refractivity contribution in [2.45, 2.75) is 6.92 Å². The summed E-state index contributed by atoms with van der Waals surface area (Å²) in [4.78, 5) is 13.1. The van der Waals surface area contributed by atoms with E-state index in [1.807, 2.05) is 7.05 Å². The second kappa shape index (κ2) is 6.10. The van der Waals surface area contributed by atoms with Gasteiger partial charge < -0.3 is 21.1 Å². The van der Waals surface area contributed by atoms with Crippen LogP contribution in [0.25, 0.3) is 0 Å². The molecule has 0 amide bonds. The highest BCUT2D eigenvalue weighted by molar-refractivity contribution is 5.95. The summed E-state index contributed by atoms with van der Waals surface area (Å²) in [7, 11) is 2.01. The minimum absolute atomic E-state index is 0.248. The molecule has 0 aliphatic carbocycles. The summed E-state index contributed by atoms with van der Waals surface area (Å²) in [5.74, 6) is -0.948. The van der Waals surface area contributed by atoms with Crippen LogP contribution >= 0.6 is 0 Å². The van der Waals surface area contributed by atoms with E-state index in [1.165, 1.54) is 6.07 Å².